The first kappa shape index (κ1) is 17.3. The smallest absolute Gasteiger partial charge is 0.335 e. The summed E-state index contributed by atoms with van der Waals surface area (Å²) in [5.74, 6) is -0.886. The first-order chi connectivity index (χ1) is 11.9. The summed E-state index contributed by atoms with van der Waals surface area (Å²) in [6.45, 7) is 0. The predicted molar refractivity (Wildman–Crippen MR) is 93.8 cm³/mol. The van der Waals surface area contributed by atoms with Gasteiger partial charge in [0, 0.05) is 0 Å². The van der Waals surface area contributed by atoms with E-state index in [-0.39, 0.29) is 21.9 Å². The number of hydrogen-bond acceptors (Lipinski definition) is 4. The molecule has 0 fully saturated rings. The number of sulfonamides is 1. The fourth-order valence-electron chi connectivity index (χ4n) is 3.00. The van der Waals surface area contributed by atoms with Crippen LogP contribution in [0.5, 0.6) is 5.75 Å². The maximum Gasteiger partial charge on any atom is 0.335 e. The fourth-order valence-corrected chi connectivity index (χ4v) is 4.11. The van der Waals surface area contributed by atoms with Crippen molar-refractivity contribution in [2.45, 2.75) is 30.6 Å². The zero-order valence-corrected chi connectivity index (χ0v) is 14.6. The molecule has 2 aromatic rings. The van der Waals surface area contributed by atoms with Gasteiger partial charge in [0.2, 0.25) is 0 Å². The van der Waals surface area contributed by atoms with Crippen LogP contribution in [0.4, 0.5) is 5.69 Å². The minimum absolute atomic E-state index is 0.0241. The lowest BCUT2D eigenvalue weighted by Gasteiger charge is -2.17. The number of aromatic carboxylic acids is 1. The summed E-state index contributed by atoms with van der Waals surface area (Å²) in [6.07, 6.45) is 4.02. The van der Waals surface area contributed by atoms with Crippen molar-refractivity contribution in [2.75, 3.05) is 11.8 Å². The van der Waals surface area contributed by atoms with E-state index in [1.165, 1.54) is 30.9 Å². The SMILES string of the molecule is COc1ccc(C(=O)O)cc1NS(=O)(=O)c1ccc2c(c1)CCCC2. The highest BCUT2D eigenvalue weighted by atomic mass is 32.2. The van der Waals surface area contributed by atoms with Crippen molar-refractivity contribution in [3.05, 3.63) is 53.1 Å². The van der Waals surface area contributed by atoms with E-state index >= 15 is 0 Å². The summed E-state index contributed by atoms with van der Waals surface area (Å²) < 4.78 is 33.0. The maximum absolute atomic E-state index is 12.7. The molecule has 0 radical (unpaired) electrons. The number of anilines is 1. The van der Waals surface area contributed by atoms with E-state index in [4.69, 9.17) is 9.84 Å². The maximum atomic E-state index is 12.7. The number of carboxylic acid groups (broad SMARTS) is 1. The van der Waals surface area contributed by atoms with E-state index in [1.807, 2.05) is 6.07 Å². The largest absolute Gasteiger partial charge is 0.495 e. The molecule has 1 aliphatic carbocycles. The van der Waals surface area contributed by atoms with E-state index in [0.29, 0.717) is 0 Å². The van der Waals surface area contributed by atoms with Gasteiger partial charge in [-0.15, -0.1) is 0 Å². The minimum atomic E-state index is -3.84. The molecule has 0 saturated carbocycles. The van der Waals surface area contributed by atoms with Crippen LogP contribution in [0.25, 0.3) is 0 Å². The monoisotopic (exact) mass is 361 g/mol. The third kappa shape index (κ3) is 3.61. The number of benzene rings is 2. The quantitative estimate of drug-likeness (QED) is 0.854. The van der Waals surface area contributed by atoms with Crippen LogP contribution >= 0.6 is 0 Å². The molecule has 1 aliphatic rings. The van der Waals surface area contributed by atoms with Crippen molar-refractivity contribution < 1.29 is 23.1 Å². The summed E-state index contributed by atoms with van der Waals surface area (Å²) in [6, 6.07) is 9.17. The lowest BCUT2D eigenvalue weighted by molar-refractivity contribution is 0.0697. The summed E-state index contributed by atoms with van der Waals surface area (Å²) in [5.41, 5.74) is 2.32. The Morgan fingerprint density at radius 1 is 1.08 bits per heavy atom. The van der Waals surface area contributed by atoms with E-state index in [1.54, 1.807) is 12.1 Å². The molecule has 0 unspecified atom stereocenters. The minimum Gasteiger partial charge on any atom is -0.495 e. The number of carbonyl (C=O) groups is 1. The zero-order chi connectivity index (χ0) is 18.0. The Kier molecular flexibility index (Phi) is 4.67. The summed E-state index contributed by atoms with van der Waals surface area (Å²) in [7, 11) is -2.45. The van der Waals surface area contributed by atoms with Crippen molar-refractivity contribution in [1.82, 2.24) is 0 Å². The molecule has 132 valence electrons. The second-order valence-electron chi connectivity index (χ2n) is 5.96. The highest BCUT2D eigenvalue weighted by Gasteiger charge is 2.20. The zero-order valence-electron chi connectivity index (χ0n) is 13.8. The van der Waals surface area contributed by atoms with Crippen LogP contribution in [-0.4, -0.2) is 26.6 Å². The van der Waals surface area contributed by atoms with Gasteiger partial charge in [-0.05, 0) is 67.1 Å². The van der Waals surface area contributed by atoms with Crippen LogP contribution < -0.4 is 9.46 Å². The van der Waals surface area contributed by atoms with Crippen molar-refractivity contribution in [3.63, 3.8) is 0 Å². The van der Waals surface area contributed by atoms with Gasteiger partial charge in [-0.25, -0.2) is 13.2 Å². The Balaban J connectivity index is 1.96. The molecule has 0 aromatic heterocycles. The number of methoxy groups -OCH3 is 1. The molecule has 3 rings (SSSR count). The molecule has 0 heterocycles. The summed E-state index contributed by atoms with van der Waals surface area (Å²) >= 11 is 0. The van der Waals surface area contributed by atoms with Crippen molar-refractivity contribution in [1.29, 1.82) is 0 Å². The molecule has 0 atom stereocenters. The number of carboxylic acids is 1. The number of rotatable bonds is 5. The first-order valence-corrected chi connectivity index (χ1v) is 9.45. The second kappa shape index (κ2) is 6.76. The fraction of sp³-hybridized carbons (Fsp3) is 0.278. The Hall–Kier alpha value is -2.54. The molecule has 2 N–H and O–H groups in total. The van der Waals surface area contributed by atoms with Crippen LogP contribution in [0.1, 0.15) is 34.3 Å². The molecule has 0 aliphatic heterocycles. The lowest BCUT2D eigenvalue weighted by Crippen LogP contribution is -2.15. The Morgan fingerprint density at radius 2 is 1.80 bits per heavy atom. The topological polar surface area (TPSA) is 92.7 Å². The van der Waals surface area contributed by atoms with Crippen molar-refractivity contribution in [2.24, 2.45) is 0 Å². The molecule has 25 heavy (non-hydrogen) atoms. The van der Waals surface area contributed by atoms with E-state index in [2.05, 4.69) is 4.72 Å². The summed E-state index contributed by atoms with van der Waals surface area (Å²) in [4.78, 5) is 11.3. The molecule has 2 aromatic carbocycles. The van der Waals surface area contributed by atoms with Gasteiger partial charge < -0.3 is 9.84 Å². The number of nitrogens with one attached hydrogen (secondary N) is 1. The van der Waals surface area contributed by atoms with Gasteiger partial charge in [-0.2, -0.15) is 0 Å². The average Bonchev–Trinajstić information content (AvgIpc) is 2.60. The first-order valence-electron chi connectivity index (χ1n) is 7.96. The van der Waals surface area contributed by atoms with E-state index in [0.717, 1.165) is 31.2 Å². The van der Waals surface area contributed by atoms with Gasteiger partial charge in [0.15, 0.2) is 0 Å². The highest BCUT2D eigenvalue weighted by Crippen LogP contribution is 2.29. The predicted octanol–water partition coefficient (Wildman–Crippen LogP) is 3.07. The molecular formula is C18H19NO5S. The van der Waals surface area contributed by atoms with Crippen LogP contribution in [-0.2, 0) is 22.9 Å². The van der Waals surface area contributed by atoms with Crippen LogP contribution in [0, 0.1) is 0 Å². The second-order valence-corrected chi connectivity index (χ2v) is 7.65. The van der Waals surface area contributed by atoms with Gasteiger partial charge in [-0.1, -0.05) is 6.07 Å². The Morgan fingerprint density at radius 3 is 2.48 bits per heavy atom. The number of aryl methyl sites for hydroxylation is 2. The number of fused-ring (bicyclic) bond motifs is 1. The molecule has 0 bridgehead atoms. The molecule has 0 amide bonds. The molecule has 0 saturated heterocycles. The van der Waals surface area contributed by atoms with Crippen LogP contribution in [0.2, 0.25) is 0 Å². The van der Waals surface area contributed by atoms with E-state index < -0.39 is 16.0 Å². The van der Waals surface area contributed by atoms with Crippen molar-refractivity contribution in [3.8, 4) is 5.75 Å². The van der Waals surface area contributed by atoms with Crippen molar-refractivity contribution >= 4 is 21.7 Å². The van der Waals surface area contributed by atoms with Gasteiger partial charge in [0.1, 0.15) is 5.75 Å². The molecule has 0 spiro atoms. The third-order valence-corrected chi connectivity index (χ3v) is 5.68. The van der Waals surface area contributed by atoms with Crippen LogP contribution in [0.3, 0.4) is 0 Å². The highest BCUT2D eigenvalue weighted by molar-refractivity contribution is 7.92. The van der Waals surface area contributed by atoms with Gasteiger partial charge >= 0.3 is 5.97 Å². The Labute approximate surface area is 146 Å². The number of ether oxygens (including phenoxy) is 1. The van der Waals surface area contributed by atoms with Crippen LogP contribution in [0.15, 0.2) is 41.3 Å². The standard InChI is InChI=1S/C18H19NO5S/c1-24-17-9-7-14(18(20)21)11-16(17)19-25(22,23)15-8-6-12-4-2-3-5-13(12)10-15/h6-11,19H,2-5H2,1H3,(H,20,21). The number of hydrogen-bond donors (Lipinski definition) is 2. The van der Waals surface area contributed by atoms with E-state index in [9.17, 15) is 13.2 Å². The molecule has 7 heteroatoms. The third-order valence-electron chi connectivity index (χ3n) is 4.32. The normalized spacial score (nSPS) is 13.8. The average molecular weight is 361 g/mol. The summed E-state index contributed by atoms with van der Waals surface area (Å²) in [5, 5.41) is 9.10. The Bertz CT molecular complexity index is 921. The van der Waals surface area contributed by atoms with Gasteiger partial charge in [0.05, 0.1) is 23.3 Å². The van der Waals surface area contributed by atoms with Gasteiger partial charge in [0.25, 0.3) is 10.0 Å². The molecular weight excluding hydrogens is 342 g/mol. The van der Waals surface area contributed by atoms with Gasteiger partial charge in [-0.3, -0.25) is 4.72 Å². The molecule has 6 nitrogen and oxygen atoms in total. The lowest BCUT2D eigenvalue weighted by atomic mass is 9.92.